The number of carbonyl (C=O) groups excluding carboxylic acids is 1. The molecule has 1 unspecified atom stereocenters. The number of halogens is 2. The van der Waals surface area contributed by atoms with Crippen LogP contribution in [0.4, 0.5) is 5.00 Å². The van der Waals surface area contributed by atoms with E-state index in [1.54, 1.807) is 18.4 Å². The molecule has 1 aromatic carbocycles. The number of carbonyl (C=O) groups is 1. The number of methoxy groups -OCH3 is 1. The first-order valence-electron chi connectivity index (χ1n) is 8.04. The number of hydrogen-bond acceptors (Lipinski definition) is 4. The van der Waals surface area contributed by atoms with Crippen LogP contribution in [0.5, 0.6) is 5.75 Å². The lowest BCUT2D eigenvalue weighted by molar-refractivity contribution is -0.895. The summed E-state index contributed by atoms with van der Waals surface area (Å²) in [4.78, 5) is 15.6. The summed E-state index contributed by atoms with van der Waals surface area (Å²) in [6.07, 6.45) is 0.704. The highest BCUT2D eigenvalue weighted by Gasteiger charge is 2.34. The second-order valence-corrected chi connectivity index (χ2v) is 9.22. The average molecular weight is 488 g/mol. The maximum absolute atomic E-state index is 12.8. The van der Waals surface area contributed by atoms with E-state index in [4.69, 9.17) is 4.74 Å². The molecule has 3 heterocycles. The van der Waals surface area contributed by atoms with Gasteiger partial charge in [0.1, 0.15) is 23.5 Å². The molecule has 5 nitrogen and oxygen atoms in total. The molecule has 0 fully saturated rings. The molecule has 8 heteroatoms. The van der Waals surface area contributed by atoms with Gasteiger partial charge in [-0.05, 0) is 55.1 Å². The molecule has 2 aromatic rings. The highest BCUT2D eigenvalue weighted by Crippen LogP contribution is 2.41. The van der Waals surface area contributed by atoms with Crippen molar-refractivity contribution in [2.24, 2.45) is 0 Å². The summed E-state index contributed by atoms with van der Waals surface area (Å²) in [6.45, 7) is 2.07. The van der Waals surface area contributed by atoms with Gasteiger partial charge in [0.25, 0.3) is 5.91 Å². The Balaban J connectivity index is 1.69. The lowest BCUT2D eigenvalue weighted by Gasteiger charge is -2.27. The largest absolute Gasteiger partial charge is 0.494 e. The monoisotopic (exact) mass is 486 g/mol. The van der Waals surface area contributed by atoms with Crippen LogP contribution in [0.2, 0.25) is 0 Å². The van der Waals surface area contributed by atoms with E-state index >= 15 is 0 Å². The first-order chi connectivity index (χ1) is 12.0. The van der Waals surface area contributed by atoms with Gasteiger partial charge in [0.2, 0.25) is 0 Å². The molecule has 0 spiro atoms. The van der Waals surface area contributed by atoms with E-state index in [2.05, 4.69) is 49.5 Å². The molecule has 0 aliphatic carbocycles. The Hall–Kier alpha value is -1.09. The molecule has 2 aliphatic heterocycles. The van der Waals surface area contributed by atoms with Gasteiger partial charge < -0.3 is 20.3 Å². The molecule has 1 amide bonds. The zero-order valence-electron chi connectivity index (χ0n) is 13.8. The molecule has 0 saturated heterocycles. The van der Waals surface area contributed by atoms with E-state index in [-0.39, 0.29) is 12.1 Å². The minimum atomic E-state index is -0.260. The number of quaternary nitrogens is 1. The SMILES string of the molecule is COc1c(Br)cc([C@H]2NC(=O)c3c(sc4c3CC[NH+](C)C4)N2)cc1Br. The van der Waals surface area contributed by atoms with Crippen LogP contribution in [0, 0.1) is 0 Å². The number of hydrogen-bond donors (Lipinski definition) is 3. The average Bonchev–Trinajstić information content (AvgIpc) is 2.92. The number of thiophene rings is 1. The Bertz CT molecular complexity index is 845. The second kappa shape index (κ2) is 6.57. The summed E-state index contributed by atoms with van der Waals surface area (Å²) < 4.78 is 7.05. The van der Waals surface area contributed by atoms with E-state index < -0.39 is 0 Å². The lowest BCUT2D eigenvalue weighted by Crippen LogP contribution is -3.08. The number of rotatable bonds is 2. The fraction of sp³-hybridized carbons (Fsp3) is 0.353. The lowest BCUT2D eigenvalue weighted by atomic mass is 10.0. The first kappa shape index (κ1) is 17.3. The third kappa shape index (κ3) is 2.99. The molecule has 132 valence electrons. The molecule has 2 atom stereocenters. The number of likely N-dealkylation sites (N-methyl/N-ethyl adjacent to an activating group) is 1. The number of anilines is 1. The van der Waals surface area contributed by atoms with Crippen molar-refractivity contribution in [1.29, 1.82) is 0 Å². The van der Waals surface area contributed by atoms with Gasteiger partial charge in [0.15, 0.2) is 0 Å². The minimum absolute atomic E-state index is 0.0128. The van der Waals surface area contributed by atoms with Gasteiger partial charge in [-0.2, -0.15) is 0 Å². The van der Waals surface area contributed by atoms with Crippen LogP contribution in [-0.4, -0.2) is 26.6 Å². The van der Waals surface area contributed by atoms with Crippen LogP contribution in [0.1, 0.15) is 32.5 Å². The standard InChI is InChI=1S/C17H17Br2N3O2S/c1-22-4-3-9-12(7-22)25-17-13(9)16(23)20-15(21-17)8-5-10(18)14(24-2)11(19)6-8/h5-6,15,21H,3-4,7H2,1-2H3,(H,20,23)/p+1/t15-/m0/s1. The third-order valence-electron chi connectivity index (χ3n) is 4.69. The Morgan fingerprint density at radius 3 is 2.68 bits per heavy atom. The highest BCUT2D eigenvalue weighted by molar-refractivity contribution is 9.11. The maximum Gasteiger partial charge on any atom is 0.256 e. The van der Waals surface area contributed by atoms with Crippen molar-refractivity contribution in [2.45, 2.75) is 19.1 Å². The second-order valence-electron chi connectivity index (χ2n) is 6.41. The van der Waals surface area contributed by atoms with Gasteiger partial charge >= 0.3 is 0 Å². The normalized spacial score (nSPS) is 21.8. The van der Waals surface area contributed by atoms with Gasteiger partial charge in [0, 0.05) is 6.42 Å². The molecule has 25 heavy (non-hydrogen) atoms. The molecule has 1 aromatic heterocycles. The van der Waals surface area contributed by atoms with Crippen molar-refractivity contribution >= 4 is 54.1 Å². The van der Waals surface area contributed by atoms with Crippen molar-refractivity contribution in [1.82, 2.24) is 5.32 Å². The van der Waals surface area contributed by atoms with Crippen LogP contribution >= 0.6 is 43.2 Å². The van der Waals surface area contributed by atoms with Gasteiger partial charge in [-0.25, -0.2) is 0 Å². The van der Waals surface area contributed by atoms with Gasteiger partial charge in [-0.15, -0.1) is 11.3 Å². The summed E-state index contributed by atoms with van der Waals surface area (Å²) in [5, 5.41) is 7.58. The topological polar surface area (TPSA) is 54.8 Å². The van der Waals surface area contributed by atoms with Crippen LogP contribution in [0.3, 0.4) is 0 Å². The van der Waals surface area contributed by atoms with E-state index in [0.717, 1.165) is 50.3 Å². The molecule has 4 rings (SSSR count). The number of amides is 1. The quantitative estimate of drug-likeness (QED) is 0.610. The van der Waals surface area contributed by atoms with Gasteiger partial charge in [-0.3, -0.25) is 4.79 Å². The van der Waals surface area contributed by atoms with Crippen molar-refractivity contribution in [3.05, 3.63) is 42.6 Å². The van der Waals surface area contributed by atoms with Crippen LogP contribution in [0.15, 0.2) is 21.1 Å². The van der Waals surface area contributed by atoms with Crippen molar-refractivity contribution in [3.8, 4) is 5.75 Å². The molecular weight excluding hydrogens is 470 g/mol. The van der Waals surface area contributed by atoms with E-state index in [1.807, 2.05) is 12.1 Å². The number of benzene rings is 1. The molecule has 0 radical (unpaired) electrons. The zero-order valence-corrected chi connectivity index (χ0v) is 17.8. The van der Waals surface area contributed by atoms with Crippen LogP contribution in [-0.2, 0) is 13.0 Å². The highest BCUT2D eigenvalue weighted by atomic mass is 79.9. The Labute approximate surface area is 167 Å². The predicted octanol–water partition coefficient (Wildman–Crippen LogP) is 2.71. The Kier molecular flexibility index (Phi) is 4.56. The molecule has 0 bridgehead atoms. The molecule has 2 aliphatic rings. The Morgan fingerprint density at radius 1 is 1.28 bits per heavy atom. The fourth-order valence-electron chi connectivity index (χ4n) is 3.44. The van der Waals surface area contributed by atoms with E-state index in [0.29, 0.717) is 0 Å². The Morgan fingerprint density at radius 2 is 2.00 bits per heavy atom. The van der Waals surface area contributed by atoms with E-state index in [9.17, 15) is 4.79 Å². The summed E-state index contributed by atoms with van der Waals surface area (Å²) in [7, 11) is 3.83. The van der Waals surface area contributed by atoms with Gasteiger partial charge in [-0.1, -0.05) is 0 Å². The summed E-state index contributed by atoms with van der Waals surface area (Å²) in [6, 6.07) is 3.94. The third-order valence-corrected chi connectivity index (χ3v) is 7.03. The number of nitrogens with one attached hydrogen (secondary N) is 3. The first-order valence-corrected chi connectivity index (χ1v) is 10.4. The number of ether oxygens (including phenoxy) is 1. The minimum Gasteiger partial charge on any atom is -0.494 e. The van der Waals surface area contributed by atoms with E-state index in [1.165, 1.54) is 15.3 Å². The smallest absolute Gasteiger partial charge is 0.256 e. The predicted molar refractivity (Wildman–Crippen MR) is 106 cm³/mol. The van der Waals surface area contributed by atoms with Crippen molar-refractivity contribution < 1.29 is 14.4 Å². The molecule has 3 N–H and O–H groups in total. The zero-order chi connectivity index (χ0) is 17.7. The molecular formula is C17H18Br2N3O2S+. The van der Waals surface area contributed by atoms with Crippen LogP contribution in [0.25, 0.3) is 0 Å². The summed E-state index contributed by atoms with van der Waals surface area (Å²) in [5.74, 6) is 0.753. The molecule has 0 saturated carbocycles. The van der Waals surface area contributed by atoms with Crippen molar-refractivity contribution in [2.75, 3.05) is 26.0 Å². The summed E-state index contributed by atoms with van der Waals surface area (Å²) in [5.41, 5.74) is 3.04. The summed E-state index contributed by atoms with van der Waals surface area (Å²) >= 11 is 8.78. The number of fused-ring (bicyclic) bond motifs is 3. The van der Waals surface area contributed by atoms with Crippen molar-refractivity contribution in [3.63, 3.8) is 0 Å². The maximum atomic E-state index is 12.8. The fourth-order valence-corrected chi connectivity index (χ4v) is 6.37. The van der Waals surface area contributed by atoms with Gasteiger partial charge in [0.05, 0.1) is 40.1 Å². The van der Waals surface area contributed by atoms with Crippen LogP contribution < -0.4 is 20.3 Å².